The quantitative estimate of drug-likeness (QED) is 0.0187. The van der Waals surface area contributed by atoms with Crippen molar-refractivity contribution in [1.29, 1.82) is 0 Å². The molecule has 12 atom stereocenters. The number of isothiocyanates is 6. The van der Waals surface area contributed by atoms with Crippen LogP contribution in [0.3, 0.4) is 0 Å². The summed E-state index contributed by atoms with van der Waals surface area (Å²) in [5.74, 6) is -2.20. The molecule has 0 spiro atoms. The summed E-state index contributed by atoms with van der Waals surface area (Å²) in [6, 6.07) is 0. The maximum atomic E-state index is 11.4. The molecule has 0 amide bonds. The lowest BCUT2D eigenvalue weighted by Gasteiger charge is -2.16. The number of aliphatic imine (C=N–C) groups is 6. The van der Waals surface area contributed by atoms with Gasteiger partial charge in [0.2, 0.25) is 0 Å². The number of rotatable bonds is 95. The smallest absolute Gasteiger partial charge is 0.308 e. The van der Waals surface area contributed by atoms with Gasteiger partial charge in [-0.05, 0) is 231 Å². The summed E-state index contributed by atoms with van der Waals surface area (Å²) < 4.78 is 0. The molecule has 0 aliphatic rings. The maximum Gasteiger partial charge on any atom is 0.308 e. The van der Waals surface area contributed by atoms with Crippen LogP contribution in [0.25, 0.3) is 0 Å². The average Bonchev–Trinajstić information content (AvgIpc) is 0.966. The fraction of sp³-hybridized carbons (Fsp3) is 0.894. The van der Waals surface area contributed by atoms with E-state index < -0.39 is 47.7 Å². The second-order valence-electron chi connectivity index (χ2n) is 40.2. The van der Waals surface area contributed by atoms with Gasteiger partial charge in [-0.3, -0.25) is 28.8 Å². The Labute approximate surface area is 872 Å². The first-order valence-corrected chi connectivity index (χ1v) is 58.2. The van der Waals surface area contributed by atoms with E-state index >= 15 is 0 Å². The predicted octanol–water partition coefficient (Wildman–Crippen LogP) is 36.4. The third-order valence-electron chi connectivity index (χ3n) is 27.0. The molecule has 0 radical (unpaired) electrons. The normalized spacial score (nSPS) is 13.3. The van der Waals surface area contributed by atoms with Gasteiger partial charge < -0.3 is 30.6 Å². The van der Waals surface area contributed by atoms with Crippen LogP contribution in [0.4, 0.5) is 0 Å². The van der Waals surface area contributed by atoms with Gasteiger partial charge in [0.1, 0.15) is 0 Å². The van der Waals surface area contributed by atoms with E-state index in [0.717, 1.165) is 109 Å². The molecule has 0 aromatic rings. The van der Waals surface area contributed by atoms with Crippen molar-refractivity contribution in [3.63, 3.8) is 0 Å². The third kappa shape index (κ3) is 115. The molecule has 798 valence electrons. The van der Waals surface area contributed by atoms with Crippen molar-refractivity contribution in [2.75, 3.05) is 39.3 Å². The Balaban J connectivity index is -0.000000376. The number of aliphatic carboxylic acids is 6. The molecular formula is C113H208N6O12S6. The van der Waals surface area contributed by atoms with E-state index in [4.69, 9.17) is 10.2 Å². The summed E-state index contributed by atoms with van der Waals surface area (Å²) >= 11 is 27.1. The Kier molecular flexibility index (Phi) is 122. The number of unbranched alkanes of at least 4 members (excludes halogenated alkanes) is 40. The molecule has 137 heavy (non-hydrogen) atoms. The lowest BCUT2D eigenvalue weighted by Crippen LogP contribution is -2.17. The predicted molar refractivity (Wildman–Crippen MR) is 603 cm³/mol. The zero-order valence-corrected chi connectivity index (χ0v) is 94.5. The second kappa shape index (κ2) is 117. The molecule has 12 unspecified atom stereocenters. The summed E-state index contributed by atoms with van der Waals surface area (Å²) in [6.07, 6.45) is 84.1. The van der Waals surface area contributed by atoms with Gasteiger partial charge in [0.05, 0.1) is 86.1 Å². The first-order chi connectivity index (χ1) is 66.2. The molecule has 0 aliphatic carbocycles. The zero-order chi connectivity index (χ0) is 103. The molecule has 0 rings (SSSR count). The van der Waals surface area contributed by atoms with Crippen LogP contribution in [0.2, 0.25) is 0 Å². The van der Waals surface area contributed by atoms with Crippen LogP contribution < -0.4 is 0 Å². The summed E-state index contributed by atoms with van der Waals surface area (Å²) in [4.78, 5) is 90.4. The van der Waals surface area contributed by atoms with Crippen LogP contribution in [0, 0.1) is 71.0 Å². The Morgan fingerprint density at radius 3 is 0.518 bits per heavy atom. The number of hydrogen-bond acceptors (Lipinski definition) is 18. The van der Waals surface area contributed by atoms with Crippen molar-refractivity contribution in [1.82, 2.24) is 0 Å². The molecule has 0 bridgehead atoms. The van der Waals surface area contributed by atoms with E-state index in [9.17, 15) is 49.2 Å². The summed E-state index contributed by atoms with van der Waals surface area (Å²) in [7, 11) is 0. The topological polar surface area (TPSA) is 298 Å². The molecule has 0 saturated heterocycles. The van der Waals surface area contributed by atoms with Crippen LogP contribution in [-0.4, -0.2) is 137 Å². The van der Waals surface area contributed by atoms with E-state index in [1.54, 1.807) is 0 Å². The van der Waals surface area contributed by atoms with Gasteiger partial charge in [-0.2, -0.15) is 0 Å². The third-order valence-corrected chi connectivity index (χ3v) is 27.8. The molecule has 0 aromatic heterocycles. The zero-order valence-electron chi connectivity index (χ0n) is 89.6. The van der Waals surface area contributed by atoms with E-state index in [2.05, 4.69) is 217 Å². The van der Waals surface area contributed by atoms with Crippen molar-refractivity contribution in [2.45, 2.75) is 539 Å². The molecular weight excluding hydrogens is 1830 g/mol. The van der Waals surface area contributed by atoms with Gasteiger partial charge in [0, 0.05) is 19.6 Å². The Morgan fingerprint density at radius 1 is 0.175 bits per heavy atom. The number of hydrogen-bond donors (Lipinski definition) is 6. The first-order valence-electron chi connectivity index (χ1n) is 55.8. The SMILES string of the molecule is CCCCCCCCCC(C)CCC(CCCCN=C=S)C(=O)O.CCCCCCCCCC(C)CCC(CCCN=C=S)C(=O)O.CCCCCCCCCC(C)CCC(CCN=C=S)C(=O)O.CCCCCCCCCC(C)CCC(CN=C=S)C(=O)O.CCCCCCCCCC(C)CCC(CN=C=S)C(=O)O.CCCCCCCCCCCC(C)CCC(CCCCN=C=S)C(=O)O. The van der Waals surface area contributed by atoms with Gasteiger partial charge in [-0.15, -0.1) is 0 Å². The standard InChI is InChI=1S/C22H41NO2S.C20H37NO2S.C19H35NO2S.C18H33NO2S.2C17H31NO2S/c1-3-4-5-6-7-8-9-10-11-14-20(2)16-17-21(22(24)25)15-12-13-18-23-19-26;1-3-4-5-6-7-8-9-12-18(2)14-15-19(20(22)23)13-10-11-16-21-17-24;1-3-4-5-6-7-8-9-11-17(2)13-14-18(19(21)22)12-10-15-20-16-23;1-3-4-5-6-7-8-9-10-16(2)11-12-17(18(20)21)13-14-19-15-22;2*1-3-4-5-6-7-8-9-10-15(2)11-12-16(17(19)20)13-18-14-21/h20-21H,3-18H2,1-2H3,(H,24,25);18-19H,3-16H2,1-2H3,(H,22,23);17-18H,3-15H2,1-2H3,(H,21,22);16-17H,3-14H2,1-2H3,(H,20,21);2*15-16H,3-13H2,1-2H3,(H,19,20). The second-order valence-corrected chi connectivity index (χ2v) is 41.2. The van der Waals surface area contributed by atoms with Gasteiger partial charge >= 0.3 is 35.8 Å². The van der Waals surface area contributed by atoms with Crippen molar-refractivity contribution < 1.29 is 59.4 Å². The Morgan fingerprint density at radius 2 is 0.328 bits per heavy atom. The fourth-order valence-corrected chi connectivity index (χ4v) is 17.8. The van der Waals surface area contributed by atoms with Gasteiger partial charge in [-0.1, -0.05) is 417 Å². The first kappa shape index (κ1) is 143. The molecule has 6 N–H and O–H groups in total. The van der Waals surface area contributed by atoms with Crippen LogP contribution in [0.1, 0.15) is 539 Å². The van der Waals surface area contributed by atoms with Crippen molar-refractivity contribution in [3.8, 4) is 0 Å². The molecule has 0 aliphatic heterocycles. The molecule has 24 heteroatoms. The fourth-order valence-electron chi connectivity index (χ4n) is 17.3. The minimum Gasteiger partial charge on any atom is -0.481 e. The number of carboxylic acids is 6. The highest BCUT2D eigenvalue weighted by Crippen LogP contribution is 2.29. The molecule has 0 heterocycles. The van der Waals surface area contributed by atoms with Gasteiger partial charge in [0.25, 0.3) is 0 Å². The van der Waals surface area contributed by atoms with Crippen LogP contribution in [0.5, 0.6) is 0 Å². The minimum atomic E-state index is -0.771. The maximum absolute atomic E-state index is 11.4. The molecule has 0 fully saturated rings. The highest BCUT2D eigenvalue weighted by Gasteiger charge is 2.24. The van der Waals surface area contributed by atoms with E-state index in [0.29, 0.717) is 87.4 Å². The van der Waals surface area contributed by atoms with Crippen LogP contribution >= 0.6 is 73.3 Å². The van der Waals surface area contributed by atoms with Crippen molar-refractivity contribution in [2.24, 2.45) is 101 Å². The van der Waals surface area contributed by atoms with Crippen molar-refractivity contribution >= 4 is 140 Å². The highest BCUT2D eigenvalue weighted by atomic mass is 32.1. The summed E-state index contributed by atoms with van der Waals surface area (Å²) in [5, 5.41) is 69.3. The molecule has 0 aromatic carbocycles. The average molecular weight is 2040 g/mol. The summed E-state index contributed by atoms with van der Waals surface area (Å²) in [5.41, 5.74) is 0. The van der Waals surface area contributed by atoms with Gasteiger partial charge in [0.15, 0.2) is 0 Å². The number of carbonyl (C=O) groups is 6. The number of nitrogens with zero attached hydrogens (tertiary/aromatic N) is 6. The number of thiocarbonyl (C=S) groups is 6. The van der Waals surface area contributed by atoms with Crippen LogP contribution in [0.15, 0.2) is 30.0 Å². The highest BCUT2D eigenvalue weighted by molar-refractivity contribution is 7.79. The lowest BCUT2D eigenvalue weighted by atomic mass is 9.90. The largest absolute Gasteiger partial charge is 0.481 e. The van der Waals surface area contributed by atoms with E-state index in [-0.39, 0.29) is 36.8 Å². The van der Waals surface area contributed by atoms with Crippen molar-refractivity contribution in [3.05, 3.63) is 0 Å². The molecule has 18 nitrogen and oxygen atoms in total. The monoisotopic (exact) mass is 2030 g/mol. The lowest BCUT2D eigenvalue weighted by molar-refractivity contribution is -0.143. The van der Waals surface area contributed by atoms with E-state index in [1.807, 2.05) is 0 Å². The number of carboxylic acid groups (broad SMARTS) is 6. The van der Waals surface area contributed by atoms with E-state index in [1.165, 1.54) is 321 Å². The summed E-state index contributed by atoms with van der Waals surface area (Å²) in [6.45, 7) is 29.9. The Hall–Kier alpha value is -4.38. The van der Waals surface area contributed by atoms with Gasteiger partial charge in [-0.25, -0.2) is 30.0 Å². The minimum absolute atomic E-state index is 0.196. The Bertz CT molecular complexity index is 2980. The molecule has 0 saturated carbocycles. The van der Waals surface area contributed by atoms with Crippen LogP contribution in [-0.2, 0) is 28.8 Å².